The predicted octanol–water partition coefficient (Wildman–Crippen LogP) is 10.4. The van der Waals surface area contributed by atoms with Gasteiger partial charge in [-0.25, -0.2) is 9.97 Å². The second-order valence-electron chi connectivity index (χ2n) is 12.2. The van der Waals surface area contributed by atoms with Crippen LogP contribution in [0.1, 0.15) is 16.7 Å². The number of hydrogen-bond donors (Lipinski definition) is 0. The van der Waals surface area contributed by atoms with E-state index in [4.69, 9.17) is 9.97 Å². The van der Waals surface area contributed by atoms with E-state index >= 15 is 0 Å². The summed E-state index contributed by atoms with van der Waals surface area (Å²) in [6.07, 6.45) is 0. The number of aromatic nitrogens is 4. The van der Waals surface area contributed by atoms with E-state index in [1.807, 2.05) is 0 Å². The molecule has 0 N–H and O–H groups in total. The Morgan fingerprint density at radius 1 is 0.422 bits per heavy atom. The largest absolute Gasteiger partial charge is 0.309 e. The second kappa shape index (κ2) is 9.63. The minimum atomic E-state index is 0.677. The van der Waals surface area contributed by atoms with Gasteiger partial charge in [0.15, 0.2) is 0 Å². The van der Waals surface area contributed by atoms with Crippen molar-refractivity contribution < 1.29 is 0 Å². The molecule has 0 saturated heterocycles. The van der Waals surface area contributed by atoms with Crippen molar-refractivity contribution in [2.75, 3.05) is 0 Å². The molecule has 0 aliphatic carbocycles. The topological polar surface area (TPSA) is 35.6 Å². The van der Waals surface area contributed by atoms with Gasteiger partial charge in [-0.15, -0.1) is 0 Å². The average Bonchev–Trinajstić information content (AvgIpc) is 3.55. The predicted molar refractivity (Wildman–Crippen MR) is 188 cm³/mol. The third-order valence-corrected chi connectivity index (χ3v) is 9.06. The third-order valence-electron chi connectivity index (χ3n) is 9.06. The van der Waals surface area contributed by atoms with E-state index in [0.717, 1.165) is 33.2 Å². The van der Waals surface area contributed by atoms with Crippen LogP contribution in [0.4, 0.5) is 0 Å². The average molecular weight is 579 g/mol. The lowest BCUT2D eigenvalue weighted by Gasteiger charge is -2.12. The summed E-state index contributed by atoms with van der Waals surface area (Å²) in [7, 11) is 0. The van der Waals surface area contributed by atoms with Gasteiger partial charge in [-0.05, 0) is 80.9 Å². The first-order chi connectivity index (χ1) is 22.0. The van der Waals surface area contributed by atoms with E-state index < -0.39 is 0 Å². The van der Waals surface area contributed by atoms with Gasteiger partial charge >= 0.3 is 0 Å². The molecule has 0 radical (unpaired) electrons. The lowest BCUT2D eigenvalue weighted by Crippen LogP contribution is -2.03. The van der Waals surface area contributed by atoms with E-state index in [1.54, 1.807) is 0 Å². The van der Waals surface area contributed by atoms with Crippen LogP contribution in [-0.4, -0.2) is 19.1 Å². The highest BCUT2D eigenvalue weighted by Crippen LogP contribution is 2.40. The minimum Gasteiger partial charge on any atom is -0.309 e. The molecule has 214 valence electrons. The smallest absolute Gasteiger partial charge is 0.235 e. The molecular formula is C41H30N4. The SMILES string of the molecule is Cc1cccc(-c2nc(-n3c4ccc(C)cc4c4cc5c(cc43)c3ccccc3n5-c3cccc(C)c3)nc3ccccc23)c1. The van der Waals surface area contributed by atoms with Gasteiger partial charge in [0.1, 0.15) is 0 Å². The molecule has 0 bridgehead atoms. The number of rotatable bonds is 3. The Bertz CT molecular complexity index is 2640. The summed E-state index contributed by atoms with van der Waals surface area (Å²) < 4.78 is 4.66. The lowest BCUT2D eigenvalue weighted by atomic mass is 10.0. The Morgan fingerprint density at radius 2 is 1.07 bits per heavy atom. The number of para-hydroxylation sites is 2. The molecular weight excluding hydrogens is 548 g/mol. The second-order valence-corrected chi connectivity index (χ2v) is 12.2. The van der Waals surface area contributed by atoms with Crippen molar-refractivity contribution in [2.24, 2.45) is 0 Å². The number of aryl methyl sites for hydroxylation is 3. The van der Waals surface area contributed by atoms with Gasteiger partial charge < -0.3 is 4.57 Å². The van der Waals surface area contributed by atoms with Crippen molar-refractivity contribution in [1.82, 2.24) is 19.1 Å². The van der Waals surface area contributed by atoms with Crippen molar-refractivity contribution in [3.63, 3.8) is 0 Å². The summed E-state index contributed by atoms with van der Waals surface area (Å²) in [6, 6.07) is 45.8. The third kappa shape index (κ3) is 3.92. The lowest BCUT2D eigenvalue weighted by molar-refractivity contribution is 1.01. The summed E-state index contributed by atoms with van der Waals surface area (Å²) in [5.74, 6) is 0.677. The van der Waals surface area contributed by atoms with Crippen LogP contribution in [0.3, 0.4) is 0 Å². The van der Waals surface area contributed by atoms with E-state index in [2.05, 4.69) is 157 Å². The van der Waals surface area contributed by atoms with Crippen molar-refractivity contribution in [1.29, 1.82) is 0 Å². The molecule has 0 fully saturated rings. The molecule has 4 nitrogen and oxygen atoms in total. The van der Waals surface area contributed by atoms with Crippen LogP contribution in [0.25, 0.3) is 77.4 Å². The molecule has 0 spiro atoms. The van der Waals surface area contributed by atoms with Crippen LogP contribution in [0.5, 0.6) is 0 Å². The van der Waals surface area contributed by atoms with Gasteiger partial charge in [-0.3, -0.25) is 4.57 Å². The van der Waals surface area contributed by atoms with E-state index in [9.17, 15) is 0 Å². The number of benzene rings is 6. The first-order valence-electron chi connectivity index (χ1n) is 15.4. The Hall–Kier alpha value is -5.74. The van der Waals surface area contributed by atoms with Crippen LogP contribution < -0.4 is 0 Å². The van der Waals surface area contributed by atoms with Gasteiger partial charge in [-0.2, -0.15) is 0 Å². The van der Waals surface area contributed by atoms with Crippen LogP contribution in [0, 0.1) is 20.8 Å². The summed E-state index contributed by atoms with van der Waals surface area (Å²) in [4.78, 5) is 10.5. The number of hydrogen-bond acceptors (Lipinski definition) is 2. The van der Waals surface area contributed by atoms with Crippen LogP contribution in [0.15, 0.2) is 127 Å². The van der Waals surface area contributed by atoms with Crippen LogP contribution >= 0.6 is 0 Å². The minimum absolute atomic E-state index is 0.677. The number of fused-ring (bicyclic) bond motifs is 7. The van der Waals surface area contributed by atoms with Gasteiger partial charge in [0.05, 0.1) is 33.3 Å². The molecule has 45 heavy (non-hydrogen) atoms. The summed E-state index contributed by atoms with van der Waals surface area (Å²) in [6.45, 7) is 6.44. The molecule has 3 aromatic heterocycles. The quantitative estimate of drug-likeness (QED) is 0.209. The van der Waals surface area contributed by atoms with Crippen LogP contribution in [-0.2, 0) is 0 Å². The summed E-state index contributed by atoms with van der Waals surface area (Å²) >= 11 is 0. The molecule has 0 atom stereocenters. The molecule has 0 unspecified atom stereocenters. The fourth-order valence-electron chi connectivity index (χ4n) is 7.03. The zero-order valence-electron chi connectivity index (χ0n) is 25.4. The highest BCUT2D eigenvalue weighted by atomic mass is 15.2. The molecule has 0 aliphatic heterocycles. The van der Waals surface area contributed by atoms with Crippen molar-refractivity contribution >= 4 is 54.5 Å². The monoisotopic (exact) mass is 578 g/mol. The molecule has 3 heterocycles. The maximum Gasteiger partial charge on any atom is 0.235 e. The van der Waals surface area contributed by atoms with Crippen molar-refractivity contribution in [3.8, 4) is 22.9 Å². The molecule has 0 saturated carbocycles. The van der Waals surface area contributed by atoms with Crippen molar-refractivity contribution in [2.45, 2.75) is 20.8 Å². The van der Waals surface area contributed by atoms with E-state index in [1.165, 1.54) is 55.0 Å². The Morgan fingerprint density at radius 3 is 1.89 bits per heavy atom. The highest BCUT2D eigenvalue weighted by Gasteiger charge is 2.21. The first-order valence-corrected chi connectivity index (χ1v) is 15.4. The fraction of sp³-hybridized carbons (Fsp3) is 0.0732. The normalized spacial score (nSPS) is 11.9. The standard InChI is InChI=1S/C41H30N4/c1-25-10-8-12-28(20-25)40-31-15-4-6-16-35(31)42-41(43-40)45-37-19-18-27(3)22-32(37)34-24-38-33(23-39(34)45)30-14-5-7-17-36(30)44(38)29-13-9-11-26(2)21-29/h4-24H,1-3H3. The zero-order valence-corrected chi connectivity index (χ0v) is 25.4. The molecule has 9 rings (SSSR count). The maximum absolute atomic E-state index is 5.33. The summed E-state index contributed by atoms with van der Waals surface area (Å²) in [5, 5.41) is 5.87. The first kappa shape index (κ1) is 25.7. The Kier molecular flexibility index (Phi) is 5.51. The van der Waals surface area contributed by atoms with Gasteiger partial charge in [-0.1, -0.05) is 83.9 Å². The van der Waals surface area contributed by atoms with Gasteiger partial charge in [0, 0.05) is 38.2 Å². The van der Waals surface area contributed by atoms with E-state index in [-0.39, 0.29) is 0 Å². The molecule has 6 aromatic carbocycles. The summed E-state index contributed by atoms with van der Waals surface area (Å²) in [5.41, 5.74) is 12.4. The Balaban J connectivity index is 1.43. The highest BCUT2D eigenvalue weighted by molar-refractivity contribution is 6.19. The fourth-order valence-corrected chi connectivity index (χ4v) is 7.03. The Labute approximate surface area is 260 Å². The maximum atomic E-state index is 5.33. The van der Waals surface area contributed by atoms with E-state index in [0.29, 0.717) is 5.95 Å². The van der Waals surface area contributed by atoms with Gasteiger partial charge in [0.2, 0.25) is 5.95 Å². The molecule has 4 heteroatoms. The van der Waals surface area contributed by atoms with Crippen LogP contribution in [0.2, 0.25) is 0 Å². The molecule has 0 aliphatic rings. The number of nitrogens with zero attached hydrogens (tertiary/aromatic N) is 4. The zero-order chi connectivity index (χ0) is 30.2. The molecule has 0 amide bonds. The van der Waals surface area contributed by atoms with Gasteiger partial charge in [0.25, 0.3) is 0 Å². The molecule has 9 aromatic rings. The van der Waals surface area contributed by atoms with Crippen molar-refractivity contribution in [3.05, 3.63) is 144 Å².